The number of carbonyl (C=O) groups excluding carboxylic acids is 1. The number of hydrogen-bond acceptors (Lipinski definition) is 4. The molecular weight excluding hydrogens is 324 g/mol. The summed E-state index contributed by atoms with van der Waals surface area (Å²) in [6, 6.07) is 5.84. The van der Waals surface area contributed by atoms with Gasteiger partial charge in [0.15, 0.2) is 0 Å². The molecule has 0 atom stereocenters. The molecule has 1 amide bonds. The van der Waals surface area contributed by atoms with Gasteiger partial charge in [-0.3, -0.25) is 4.79 Å². The molecule has 0 fully saturated rings. The van der Waals surface area contributed by atoms with E-state index in [-0.39, 0.29) is 5.91 Å². The molecule has 1 aromatic carbocycles. The van der Waals surface area contributed by atoms with Crippen molar-refractivity contribution in [1.29, 1.82) is 0 Å². The van der Waals surface area contributed by atoms with E-state index in [9.17, 15) is 4.79 Å². The number of nitrogens with zero attached hydrogens (tertiary/aromatic N) is 2. The fourth-order valence-electron chi connectivity index (χ4n) is 3.03. The molecule has 136 valence electrons. The van der Waals surface area contributed by atoms with Crippen LogP contribution in [-0.4, -0.2) is 22.4 Å². The highest BCUT2D eigenvalue weighted by Crippen LogP contribution is 2.20. The molecule has 0 unspecified atom stereocenters. The smallest absolute Gasteiger partial charge is 0.275 e. The molecule has 0 radical (unpaired) electrons. The quantitative estimate of drug-likeness (QED) is 0.744. The molecular formula is C21H26N4O. The van der Waals surface area contributed by atoms with Crippen LogP contribution in [0.3, 0.4) is 0 Å². The van der Waals surface area contributed by atoms with Crippen LogP contribution in [0, 0.1) is 13.8 Å². The third kappa shape index (κ3) is 4.91. The van der Waals surface area contributed by atoms with E-state index in [0.29, 0.717) is 11.5 Å². The van der Waals surface area contributed by atoms with Crippen LogP contribution in [0.15, 0.2) is 42.2 Å². The van der Waals surface area contributed by atoms with Gasteiger partial charge in [0, 0.05) is 12.2 Å². The van der Waals surface area contributed by atoms with E-state index in [1.807, 2.05) is 32.0 Å². The molecule has 3 rings (SSSR count). The number of nitrogens with one attached hydrogen (secondary N) is 2. The lowest BCUT2D eigenvalue weighted by Gasteiger charge is -2.13. The first-order valence-electron chi connectivity index (χ1n) is 9.24. The molecule has 1 aliphatic rings. The van der Waals surface area contributed by atoms with Crippen molar-refractivity contribution in [3.63, 3.8) is 0 Å². The van der Waals surface area contributed by atoms with Crippen molar-refractivity contribution in [2.45, 2.75) is 46.0 Å². The van der Waals surface area contributed by atoms with E-state index >= 15 is 0 Å². The Morgan fingerprint density at radius 2 is 2.00 bits per heavy atom. The summed E-state index contributed by atoms with van der Waals surface area (Å²) in [4.78, 5) is 20.8. The zero-order chi connectivity index (χ0) is 18.4. The Morgan fingerprint density at radius 1 is 1.12 bits per heavy atom. The van der Waals surface area contributed by atoms with Gasteiger partial charge in [0.05, 0.1) is 12.4 Å². The van der Waals surface area contributed by atoms with Crippen LogP contribution in [0.1, 0.15) is 53.7 Å². The predicted octanol–water partition coefficient (Wildman–Crippen LogP) is 4.65. The van der Waals surface area contributed by atoms with Crippen LogP contribution < -0.4 is 10.6 Å². The maximum absolute atomic E-state index is 12.3. The number of aryl methyl sites for hydroxylation is 2. The Balaban J connectivity index is 1.52. The van der Waals surface area contributed by atoms with E-state index in [1.54, 1.807) is 6.20 Å². The summed E-state index contributed by atoms with van der Waals surface area (Å²) in [5.74, 6) is 0.448. The SMILES string of the molecule is Cc1ccc(NC(=O)c2cnc(NCCC3=CCCCC3)cn2)cc1C. The fraction of sp³-hybridized carbons (Fsp3) is 0.381. The number of aromatic nitrogens is 2. The summed E-state index contributed by atoms with van der Waals surface area (Å²) in [6.07, 6.45) is 11.6. The molecule has 0 aliphatic heterocycles. The van der Waals surface area contributed by atoms with Gasteiger partial charge >= 0.3 is 0 Å². The molecule has 0 saturated heterocycles. The fourth-order valence-corrected chi connectivity index (χ4v) is 3.03. The van der Waals surface area contributed by atoms with Gasteiger partial charge in [0.2, 0.25) is 0 Å². The summed E-state index contributed by atoms with van der Waals surface area (Å²) in [6.45, 7) is 4.91. The lowest BCUT2D eigenvalue weighted by Crippen LogP contribution is -2.15. The van der Waals surface area contributed by atoms with Crippen LogP contribution in [0.2, 0.25) is 0 Å². The zero-order valence-electron chi connectivity index (χ0n) is 15.5. The van der Waals surface area contributed by atoms with Crippen LogP contribution in [-0.2, 0) is 0 Å². The molecule has 5 heteroatoms. The molecule has 2 aromatic rings. The predicted molar refractivity (Wildman–Crippen MR) is 106 cm³/mol. The normalized spacial score (nSPS) is 13.8. The van der Waals surface area contributed by atoms with E-state index < -0.39 is 0 Å². The van der Waals surface area contributed by atoms with Crippen molar-refractivity contribution in [1.82, 2.24) is 9.97 Å². The number of allylic oxidation sites excluding steroid dienone is 1. The highest BCUT2D eigenvalue weighted by molar-refractivity contribution is 6.02. The zero-order valence-corrected chi connectivity index (χ0v) is 15.5. The number of carbonyl (C=O) groups is 1. The Morgan fingerprint density at radius 3 is 2.69 bits per heavy atom. The summed E-state index contributed by atoms with van der Waals surface area (Å²) in [7, 11) is 0. The Labute approximate surface area is 155 Å². The van der Waals surface area contributed by atoms with Crippen LogP contribution >= 0.6 is 0 Å². The lowest BCUT2D eigenvalue weighted by atomic mass is 9.97. The molecule has 5 nitrogen and oxygen atoms in total. The first-order valence-corrected chi connectivity index (χ1v) is 9.24. The van der Waals surface area contributed by atoms with Gasteiger partial charge in [-0.05, 0) is 69.2 Å². The number of hydrogen-bond donors (Lipinski definition) is 2. The maximum atomic E-state index is 12.3. The van der Waals surface area contributed by atoms with Crippen molar-refractivity contribution >= 4 is 17.4 Å². The van der Waals surface area contributed by atoms with Crippen molar-refractivity contribution in [3.8, 4) is 0 Å². The second kappa shape index (κ2) is 8.61. The topological polar surface area (TPSA) is 66.9 Å². The van der Waals surface area contributed by atoms with Gasteiger partial charge in [-0.1, -0.05) is 17.7 Å². The maximum Gasteiger partial charge on any atom is 0.275 e. The minimum Gasteiger partial charge on any atom is -0.368 e. The summed E-state index contributed by atoms with van der Waals surface area (Å²) >= 11 is 0. The number of rotatable bonds is 6. The second-order valence-electron chi connectivity index (χ2n) is 6.82. The first kappa shape index (κ1) is 18.1. The Kier molecular flexibility index (Phi) is 6.00. The van der Waals surface area contributed by atoms with Crippen LogP contribution in [0.4, 0.5) is 11.5 Å². The number of amides is 1. The first-order chi connectivity index (χ1) is 12.6. The van der Waals surface area contributed by atoms with Gasteiger partial charge in [0.1, 0.15) is 11.5 Å². The van der Waals surface area contributed by atoms with Crippen LogP contribution in [0.25, 0.3) is 0 Å². The minimum absolute atomic E-state index is 0.250. The third-order valence-corrected chi connectivity index (χ3v) is 4.79. The van der Waals surface area contributed by atoms with Gasteiger partial charge in [0.25, 0.3) is 5.91 Å². The Bertz CT molecular complexity index is 796. The molecule has 1 aliphatic carbocycles. The number of benzene rings is 1. The van der Waals surface area contributed by atoms with Gasteiger partial charge in [-0.15, -0.1) is 0 Å². The average Bonchev–Trinajstić information content (AvgIpc) is 2.66. The second-order valence-corrected chi connectivity index (χ2v) is 6.82. The summed E-state index contributed by atoms with van der Waals surface area (Å²) in [5.41, 5.74) is 4.94. The molecule has 0 saturated carbocycles. The lowest BCUT2D eigenvalue weighted by molar-refractivity contribution is 0.102. The standard InChI is InChI=1S/C21H26N4O/c1-15-8-9-18(12-16(15)2)25-21(26)19-13-24-20(14-23-19)22-11-10-17-6-4-3-5-7-17/h6,8-9,12-14H,3-5,7,10-11H2,1-2H3,(H,22,24)(H,25,26). The molecule has 2 N–H and O–H groups in total. The van der Waals surface area contributed by atoms with Gasteiger partial charge in [-0.2, -0.15) is 0 Å². The van der Waals surface area contributed by atoms with E-state index in [1.165, 1.54) is 43.0 Å². The Hall–Kier alpha value is -2.69. The summed E-state index contributed by atoms with van der Waals surface area (Å²) in [5, 5.41) is 6.14. The average molecular weight is 350 g/mol. The molecule has 26 heavy (non-hydrogen) atoms. The number of anilines is 2. The van der Waals surface area contributed by atoms with Crippen molar-refractivity contribution < 1.29 is 4.79 Å². The van der Waals surface area contributed by atoms with E-state index in [0.717, 1.165) is 24.2 Å². The largest absolute Gasteiger partial charge is 0.368 e. The summed E-state index contributed by atoms with van der Waals surface area (Å²) < 4.78 is 0. The molecule has 0 spiro atoms. The van der Waals surface area contributed by atoms with Crippen molar-refractivity contribution in [2.24, 2.45) is 0 Å². The van der Waals surface area contributed by atoms with Crippen molar-refractivity contribution in [3.05, 3.63) is 59.1 Å². The minimum atomic E-state index is -0.250. The highest BCUT2D eigenvalue weighted by Gasteiger charge is 2.09. The van der Waals surface area contributed by atoms with E-state index in [2.05, 4.69) is 26.7 Å². The molecule has 1 aromatic heterocycles. The van der Waals surface area contributed by atoms with E-state index in [4.69, 9.17) is 0 Å². The highest BCUT2D eigenvalue weighted by atomic mass is 16.1. The monoisotopic (exact) mass is 350 g/mol. The molecule has 1 heterocycles. The molecule has 0 bridgehead atoms. The van der Waals surface area contributed by atoms with Crippen molar-refractivity contribution in [2.75, 3.05) is 17.2 Å². The van der Waals surface area contributed by atoms with Gasteiger partial charge < -0.3 is 10.6 Å². The van der Waals surface area contributed by atoms with Gasteiger partial charge in [-0.25, -0.2) is 9.97 Å². The van der Waals surface area contributed by atoms with Crippen LogP contribution in [0.5, 0.6) is 0 Å². The third-order valence-electron chi connectivity index (χ3n) is 4.79.